The number of benzene rings is 2. The molecule has 0 radical (unpaired) electrons. The molecule has 30 heavy (non-hydrogen) atoms. The van der Waals surface area contributed by atoms with Crippen molar-refractivity contribution in [3.05, 3.63) is 94.2 Å². The van der Waals surface area contributed by atoms with Gasteiger partial charge in [0.25, 0.3) is 11.5 Å². The van der Waals surface area contributed by atoms with Crippen LogP contribution in [0.15, 0.2) is 71.5 Å². The lowest BCUT2D eigenvalue weighted by atomic mass is 10.0. The van der Waals surface area contributed by atoms with E-state index in [-0.39, 0.29) is 23.2 Å². The summed E-state index contributed by atoms with van der Waals surface area (Å²) in [6.07, 6.45) is 1.90. The maximum absolute atomic E-state index is 13.2. The molecule has 4 rings (SSSR count). The standard InChI is InChI=1S/C23H23FN4O2/c24-18-8-10-20(11-9-18)28-22(29)13-12-21(26-28)23(30)25-19-7-4-14-27(16-19)15-17-5-2-1-3-6-17/h1-3,5-6,8-13,19H,4,7,14-16H2,(H,25,30). The van der Waals surface area contributed by atoms with Crippen LogP contribution in [-0.4, -0.2) is 39.7 Å². The zero-order valence-electron chi connectivity index (χ0n) is 16.5. The number of aromatic nitrogens is 2. The number of piperidine rings is 1. The number of likely N-dealkylation sites (tertiary alicyclic amines) is 1. The molecule has 2 aromatic carbocycles. The predicted octanol–water partition coefficient (Wildman–Crippen LogP) is 2.77. The summed E-state index contributed by atoms with van der Waals surface area (Å²) in [5.74, 6) is -0.726. The van der Waals surface area contributed by atoms with E-state index in [1.807, 2.05) is 18.2 Å². The van der Waals surface area contributed by atoms with Crippen molar-refractivity contribution < 1.29 is 9.18 Å². The molecule has 0 aliphatic carbocycles. The van der Waals surface area contributed by atoms with Crippen LogP contribution in [0.4, 0.5) is 4.39 Å². The van der Waals surface area contributed by atoms with Crippen molar-refractivity contribution in [3.63, 3.8) is 0 Å². The van der Waals surface area contributed by atoms with Crippen molar-refractivity contribution in [1.29, 1.82) is 0 Å². The Bertz CT molecular complexity index is 1070. The smallest absolute Gasteiger partial charge is 0.272 e. The first-order chi connectivity index (χ1) is 14.6. The summed E-state index contributed by atoms with van der Waals surface area (Å²) in [6, 6.07) is 18.4. The van der Waals surface area contributed by atoms with Crippen LogP contribution in [0.2, 0.25) is 0 Å². The molecule has 0 bridgehead atoms. The molecule has 7 heteroatoms. The molecule has 0 saturated carbocycles. The van der Waals surface area contributed by atoms with E-state index in [1.54, 1.807) is 0 Å². The summed E-state index contributed by atoms with van der Waals surface area (Å²) in [5, 5.41) is 7.22. The SMILES string of the molecule is O=C(NC1CCCN(Cc2ccccc2)C1)c1ccc(=O)n(-c2ccc(F)cc2)n1. The molecule has 3 aromatic rings. The third-order valence-corrected chi connectivity index (χ3v) is 5.19. The molecule has 1 fully saturated rings. The molecule has 1 saturated heterocycles. The summed E-state index contributed by atoms with van der Waals surface area (Å²) in [4.78, 5) is 27.2. The second kappa shape index (κ2) is 9.00. The quantitative estimate of drug-likeness (QED) is 0.708. The Labute approximate surface area is 174 Å². The Balaban J connectivity index is 1.44. The van der Waals surface area contributed by atoms with E-state index in [2.05, 4.69) is 27.4 Å². The van der Waals surface area contributed by atoms with E-state index in [0.29, 0.717) is 5.69 Å². The first-order valence-corrected chi connectivity index (χ1v) is 10.0. The van der Waals surface area contributed by atoms with Crippen LogP contribution in [0.25, 0.3) is 5.69 Å². The number of hydrogen-bond acceptors (Lipinski definition) is 4. The summed E-state index contributed by atoms with van der Waals surface area (Å²) in [5.41, 5.74) is 1.42. The van der Waals surface area contributed by atoms with Crippen LogP contribution in [0.1, 0.15) is 28.9 Å². The van der Waals surface area contributed by atoms with Crippen molar-refractivity contribution >= 4 is 5.91 Å². The van der Waals surface area contributed by atoms with Gasteiger partial charge < -0.3 is 5.32 Å². The summed E-state index contributed by atoms with van der Waals surface area (Å²) >= 11 is 0. The van der Waals surface area contributed by atoms with Gasteiger partial charge in [-0.05, 0) is 55.3 Å². The lowest BCUT2D eigenvalue weighted by Crippen LogP contribution is -2.47. The van der Waals surface area contributed by atoms with Gasteiger partial charge in [0.2, 0.25) is 0 Å². The number of nitrogens with one attached hydrogen (secondary N) is 1. The summed E-state index contributed by atoms with van der Waals surface area (Å²) in [7, 11) is 0. The number of rotatable bonds is 5. The minimum atomic E-state index is -0.405. The zero-order chi connectivity index (χ0) is 20.9. The molecule has 6 nitrogen and oxygen atoms in total. The minimum Gasteiger partial charge on any atom is -0.347 e. The van der Waals surface area contributed by atoms with Crippen LogP contribution >= 0.6 is 0 Å². The Morgan fingerprint density at radius 3 is 2.60 bits per heavy atom. The molecule has 154 valence electrons. The fourth-order valence-electron chi connectivity index (χ4n) is 3.72. The minimum absolute atomic E-state index is 0.0166. The van der Waals surface area contributed by atoms with Gasteiger partial charge in [-0.3, -0.25) is 14.5 Å². The third-order valence-electron chi connectivity index (χ3n) is 5.19. The lowest BCUT2D eigenvalue weighted by Gasteiger charge is -2.33. The molecule has 1 atom stereocenters. The number of amides is 1. The van der Waals surface area contributed by atoms with E-state index in [4.69, 9.17) is 0 Å². The average molecular weight is 406 g/mol. The van der Waals surface area contributed by atoms with Gasteiger partial charge in [0.1, 0.15) is 11.5 Å². The van der Waals surface area contributed by atoms with E-state index in [1.165, 1.54) is 42.0 Å². The molecule has 2 heterocycles. The van der Waals surface area contributed by atoms with Gasteiger partial charge in [-0.1, -0.05) is 30.3 Å². The first kappa shape index (κ1) is 20.0. The fraction of sp³-hybridized carbons (Fsp3) is 0.261. The second-order valence-corrected chi connectivity index (χ2v) is 7.48. The molecular weight excluding hydrogens is 383 g/mol. The van der Waals surface area contributed by atoms with Crippen LogP contribution in [0.5, 0.6) is 0 Å². The van der Waals surface area contributed by atoms with Crippen LogP contribution in [-0.2, 0) is 6.54 Å². The lowest BCUT2D eigenvalue weighted by molar-refractivity contribution is 0.0894. The van der Waals surface area contributed by atoms with E-state index in [0.717, 1.165) is 37.2 Å². The number of carbonyl (C=O) groups is 1. The van der Waals surface area contributed by atoms with Crippen LogP contribution < -0.4 is 10.9 Å². The highest BCUT2D eigenvalue weighted by molar-refractivity contribution is 5.92. The van der Waals surface area contributed by atoms with Crippen molar-refractivity contribution in [3.8, 4) is 5.69 Å². The monoisotopic (exact) mass is 406 g/mol. The highest BCUT2D eigenvalue weighted by atomic mass is 19.1. The Kier molecular flexibility index (Phi) is 5.99. The fourth-order valence-corrected chi connectivity index (χ4v) is 3.72. The molecule has 1 aliphatic rings. The van der Waals surface area contributed by atoms with E-state index >= 15 is 0 Å². The van der Waals surface area contributed by atoms with Crippen molar-refractivity contribution in [2.45, 2.75) is 25.4 Å². The molecule has 1 unspecified atom stereocenters. The van der Waals surface area contributed by atoms with Crippen LogP contribution in [0.3, 0.4) is 0 Å². The molecule has 1 amide bonds. The van der Waals surface area contributed by atoms with Gasteiger partial charge in [-0.2, -0.15) is 9.78 Å². The normalized spacial score (nSPS) is 16.9. The van der Waals surface area contributed by atoms with E-state index < -0.39 is 5.82 Å². The molecular formula is C23H23FN4O2. The molecule has 0 spiro atoms. The Morgan fingerprint density at radius 2 is 1.83 bits per heavy atom. The maximum atomic E-state index is 13.2. The van der Waals surface area contributed by atoms with Crippen molar-refractivity contribution in [2.75, 3.05) is 13.1 Å². The predicted molar refractivity (Wildman–Crippen MR) is 112 cm³/mol. The van der Waals surface area contributed by atoms with Gasteiger partial charge >= 0.3 is 0 Å². The summed E-state index contributed by atoms with van der Waals surface area (Å²) < 4.78 is 14.3. The highest BCUT2D eigenvalue weighted by Crippen LogP contribution is 2.14. The number of halogens is 1. The number of nitrogens with zero attached hydrogens (tertiary/aromatic N) is 3. The number of hydrogen-bond donors (Lipinski definition) is 1. The van der Waals surface area contributed by atoms with E-state index in [9.17, 15) is 14.0 Å². The Hall–Kier alpha value is -3.32. The summed E-state index contributed by atoms with van der Waals surface area (Å²) in [6.45, 7) is 2.61. The molecule has 1 aliphatic heterocycles. The highest BCUT2D eigenvalue weighted by Gasteiger charge is 2.22. The van der Waals surface area contributed by atoms with Gasteiger partial charge in [0.15, 0.2) is 0 Å². The van der Waals surface area contributed by atoms with Crippen LogP contribution in [0, 0.1) is 5.82 Å². The maximum Gasteiger partial charge on any atom is 0.272 e. The van der Waals surface area contributed by atoms with Gasteiger partial charge in [-0.15, -0.1) is 0 Å². The first-order valence-electron chi connectivity index (χ1n) is 10.0. The zero-order valence-corrected chi connectivity index (χ0v) is 16.5. The number of carbonyl (C=O) groups excluding carboxylic acids is 1. The average Bonchev–Trinajstić information content (AvgIpc) is 2.76. The van der Waals surface area contributed by atoms with Gasteiger partial charge in [0.05, 0.1) is 5.69 Å². The van der Waals surface area contributed by atoms with Crippen molar-refractivity contribution in [2.24, 2.45) is 0 Å². The second-order valence-electron chi connectivity index (χ2n) is 7.48. The Morgan fingerprint density at radius 1 is 1.07 bits per heavy atom. The largest absolute Gasteiger partial charge is 0.347 e. The van der Waals surface area contributed by atoms with Crippen molar-refractivity contribution in [1.82, 2.24) is 20.0 Å². The topological polar surface area (TPSA) is 67.2 Å². The third kappa shape index (κ3) is 4.80. The molecule has 1 aromatic heterocycles. The molecule has 1 N–H and O–H groups in total. The van der Waals surface area contributed by atoms with Gasteiger partial charge in [-0.25, -0.2) is 4.39 Å². The van der Waals surface area contributed by atoms with Gasteiger partial charge in [0, 0.05) is 25.2 Å².